The van der Waals surface area contributed by atoms with Crippen molar-refractivity contribution in [3.8, 4) is 0 Å². The molecule has 1 heterocycles. The first kappa shape index (κ1) is 21.0. The van der Waals surface area contributed by atoms with Gasteiger partial charge in [-0.1, -0.05) is 0 Å². The molecule has 140 valence electrons. The normalized spacial score (nSPS) is 15.9. The third-order valence-corrected chi connectivity index (χ3v) is 4.55. The maximum atomic E-state index is 11.9. The Morgan fingerprint density at radius 3 is 2.64 bits per heavy atom. The summed E-state index contributed by atoms with van der Waals surface area (Å²) in [6.07, 6.45) is 2.60. The number of amides is 3. The fourth-order valence-corrected chi connectivity index (χ4v) is 2.91. The van der Waals surface area contributed by atoms with E-state index < -0.39 is 6.04 Å². The number of aliphatic imine (C=N–C) groups is 1. The highest BCUT2D eigenvalue weighted by Crippen LogP contribution is 2.22. The van der Waals surface area contributed by atoms with Gasteiger partial charge in [-0.2, -0.15) is 0 Å². The van der Waals surface area contributed by atoms with E-state index in [1.807, 2.05) is 0 Å². The highest BCUT2D eigenvalue weighted by atomic mass is 32.2. The average Bonchev–Trinajstić information content (AvgIpc) is 2.85. The monoisotopic (exact) mass is 370 g/mol. The number of carbonyl (C=O) groups excluding carboxylic acids is 3. The van der Waals surface area contributed by atoms with Crippen LogP contribution in [0.4, 0.5) is 0 Å². The molecular weight excluding hydrogens is 344 g/mol. The van der Waals surface area contributed by atoms with E-state index in [4.69, 9.17) is 5.73 Å². The molecule has 0 saturated heterocycles. The highest BCUT2D eigenvalue weighted by molar-refractivity contribution is 8.04. The van der Waals surface area contributed by atoms with Gasteiger partial charge in [-0.05, 0) is 12.8 Å². The molecule has 0 aromatic heterocycles. The molecule has 25 heavy (non-hydrogen) atoms. The number of hydrogen-bond donors (Lipinski definition) is 4. The summed E-state index contributed by atoms with van der Waals surface area (Å²) < 4.78 is 0. The van der Waals surface area contributed by atoms with Gasteiger partial charge >= 0.3 is 0 Å². The Bertz CT molecular complexity index is 563. The molecule has 0 aromatic carbocycles. The zero-order chi connectivity index (χ0) is 18.8. The molecule has 0 aromatic rings. The van der Waals surface area contributed by atoms with Crippen LogP contribution in [0.5, 0.6) is 0 Å². The van der Waals surface area contributed by atoms with Crippen LogP contribution in [0.3, 0.4) is 0 Å². The minimum atomic E-state index is -0.580. The van der Waals surface area contributed by atoms with E-state index in [0.717, 1.165) is 11.3 Å². The number of rotatable bonds is 9. The summed E-state index contributed by atoms with van der Waals surface area (Å²) in [5, 5.41) is 8.73. The van der Waals surface area contributed by atoms with Crippen LogP contribution in [-0.4, -0.2) is 74.6 Å². The van der Waals surface area contributed by atoms with Gasteiger partial charge in [0.25, 0.3) is 11.8 Å². The van der Waals surface area contributed by atoms with Crippen LogP contribution in [0.2, 0.25) is 0 Å². The van der Waals surface area contributed by atoms with Crippen LogP contribution in [-0.2, 0) is 14.4 Å². The van der Waals surface area contributed by atoms with Crippen molar-refractivity contribution in [2.24, 2.45) is 10.7 Å². The molecule has 0 spiro atoms. The zero-order valence-corrected chi connectivity index (χ0v) is 15.6. The van der Waals surface area contributed by atoms with Crippen molar-refractivity contribution in [2.45, 2.75) is 18.9 Å². The maximum absolute atomic E-state index is 11.9. The number of guanidine groups is 1. The topological polar surface area (TPSA) is 129 Å². The molecule has 5 N–H and O–H groups in total. The van der Waals surface area contributed by atoms with Crippen molar-refractivity contribution in [3.05, 3.63) is 11.0 Å². The minimum Gasteiger partial charge on any atom is -0.359 e. The van der Waals surface area contributed by atoms with Crippen molar-refractivity contribution in [2.75, 3.05) is 40.0 Å². The summed E-state index contributed by atoms with van der Waals surface area (Å²) in [4.78, 5) is 40.4. The molecule has 3 amide bonds. The molecule has 1 unspecified atom stereocenters. The number of nitrogens with one attached hydrogen (secondary N) is 3. The van der Waals surface area contributed by atoms with Crippen molar-refractivity contribution in [1.82, 2.24) is 20.9 Å². The lowest BCUT2D eigenvalue weighted by atomic mass is 10.1. The minimum absolute atomic E-state index is 0.224. The van der Waals surface area contributed by atoms with Gasteiger partial charge in [-0.15, -0.1) is 11.8 Å². The Morgan fingerprint density at radius 1 is 1.36 bits per heavy atom. The molecule has 10 heteroatoms. The summed E-state index contributed by atoms with van der Waals surface area (Å²) in [5.74, 6) is 0.342. The van der Waals surface area contributed by atoms with Gasteiger partial charge in [0.1, 0.15) is 0 Å². The van der Waals surface area contributed by atoms with E-state index in [2.05, 4.69) is 20.9 Å². The number of imide groups is 1. The average molecular weight is 370 g/mol. The van der Waals surface area contributed by atoms with Gasteiger partial charge in [-0.3, -0.25) is 24.3 Å². The smallest absolute Gasteiger partial charge is 0.267 e. The third kappa shape index (κ3) is 6.75. The van der Waals surface area contributed by atoms with E-state index in [1.165, 1.54) is 24.9 Å². The number of likely N-dealkylation sites (N-methyl/N-ethyl adjacent to an activating group) is 1. The lowest BCUT2D eigenvalue weighted by Gasteiger charge is -2.13. The van der Waals surface area contributed by atoms with E-state index in [9.17, 15) is 14.4 Å². The van der Waals surface area contributed by atoms with Crippen LogP contribution >= 0.6 is 11.8 Å². The summed E-state index contributed by atoms with van der Waals surface area (Å²) in [7, 11) is 4.89. The van der Waals surface area contributed by atoms with Gasteiger partial charge in [-0.25, -0.2) is 0 Å². The SMILES string of the molecule is CN=C(NC)NCCCC(N)C(=O)NCCSC1=CC(=O)N(C)C1=O. The molecule has 9 nitrogen and oxygen atoms in total. The quantitative estimate of drug-likeness (QED) is 0.170. The van der Waals surface area contributed by atoms with E-state index in [1.54, 1.807) is 14.1 Å². The molecule has 1 aliphatic heterocycles. The van der Waals surface area contributed by atoms with Gasteiger partial charge in [0.05, 0.1) is 10.9 Å². The van der Waals surface area contributed by atoms with Crippen LogP contribution in [0.1, 0.15) is 12.8 Å². The summed E-state index contributed by atoms with van der Waals surface area (Å²) in [6, 6.07) is -0.580. The fourth-order valence-electron chi connectivity index (χ4n) is 2.04. The predicted octanol–water partition coefficient (Wildman–Crippen LogP) is -1.38. The van der Waals surface area contributed by atoms with Crippen LogP contribution in [0, 0.1) is 0 Å². The Balaban J connectivity index is 2.16. The largest absolute Gasteiger partial charge is 0.359 e. The van der Waals surface area contributed by atoms with Gasteiger partial charge < -0.3 is 21.7 Å². The second-order valence-corrected chi connectivity index (χ2v) is 6.48. The summed E-state index contributed by atoms with van der Waals surface area (Å²) in [5.41, 5.74) is 5.85. The molecule has 0 bridgehead atoms. The highest BCUT2D eigenvalue weighted by Gasteiger charge is 2.27. The standard InChI is InChI=1S/C15H26N6O3S/c1-17-15(18-2)20-6-4-5-10(16)13(23)19-7-8-25-11-9-12(22)21(3)14(11)24/h9-10H,4-8,16H2,1-3H3,(H,19,23)(H2,17,18,20). The van der Waals surface area contributed by atoms with Gasteiger partial charge in [0.15, 0.2) is 5.96 Å². The van der Waals surface area contributed by atoms with Crippen LogP contribution < -0.4 is 21.7 Å². The maximum Gasteiger partial charge on any atom is 0.267 e. The van der Waals surface area contributed by atoms with Crippen molar-refractivity contribution in [1.29, 1.82) is 0 Å². The summed E-state index contributed by atoms with van der Waals surface area (Å²) >= 11 is 1.25. The Hall–Kier alpha value is -2.07. The lowest BCUT2D eigenvalue weighted by molar-refractivity contribution is -0.135. The molecule has 1 atom stereocenters. The van der Waals surface area contributed by atoms with Crippen molar-refractivity contribution < 1.29 is 14.4 Å². The molecular formula is C15H26N6O3S. The molecule has 0 radical (unpaired) electrons. The lowest BCUT2D eigenvalue weighted by Crippen LogP contribution is -2.42. The Kier molecular flexibility index (Phi) is 9.00. The zero-order valence-electron chi connectivity index (χ0n) is 14.8. The predicted molar refractivity (Wildman–Crippen MR) is 99.0 cm³/mol. The number of hydrogen-bond acceptors (Lipinski definition) is 6. The fraction of sp³-hybridized carbons (Fsp3) is 0.600. The Morgan fingerprint density at radius 2 is 2.08 bits per heavy atom. The Labute approximate surface area is 151 Å². The molecule has 0 aliphatic carbocycles. The number of nitrogens with zero attached hydrogens (tertiary/aromatic N) is 2. The second kappa shape index (κ2) is 10.7. The van der Waals surface area contributed by atoms with Crippen LogP contribution in [0.25, 0.3) is 0 Å². The number of carbonyl (C=O) groups is 3. The van der Waals surface area contributed by atoms with Crippen molar-refractivity contribution >= 4 is 35.4 Å². The summed E-state index contributed by atoms with van der Waals surface area (Å²) in [6.45, 7) is 1.05. The van der Waals surface area contributed by atoms with Crippen LogP contribution in [0.15, 0.2) is 16.0 Å². The van der Waals surface area contributed by atoms with Gasteiger partial charge in [0, 0.05) is 46.1 Å². The molecule has 0 fully saturated rings. The van der Waals surface area contributed by atoms with Gasteiger partial charge in [0.2, 0.25) is 5.91 Å². The van der Waals surface area contributed by atoms with Crippen molar-refractivity contribution in [3.63, 3.8) is 0 Å². The second-order valence-electron chi connectivity index (χ2n) is 5.35. The first-order valence-corrected chi connectivity index (χ1v) is 8.97. The third-order valence-electron chi connectivity index (χ3n) is 3.54. The molecule has 0 saturated carbocycles. The first-order chi connectivity index (χ1) is 11.9. The van der Waals surface area contributed by atoms with E-state index >= 15 is 0 Å². The first-order valence-electron chi connectivity index (χ1n) is 7.99. The van der Waals surface area contributed by atoms with E-state index in [-0.39, 0.29) is 17.7 Å². The van der Waals surface area contributed by atoms with E-state index in [0.29, 0.717) is 36.1 Å². The molecule has 1 aliphatic rings. The number of nitrogens with two attached hydrogens (primary N) is 1. The molecule has 1 rings (SSSR count). The number of thioether (sulfide) groups is 1.